The molecule has 116 valence electrons. The van der Waals surface area contributed by atoms with Crippen LogP contribution in [0.2, 0.25) is 5.02 Å². The number of nitroso groups, excluding NO2 is 1. The van der Waals surface area contributed by atoms with E-state index in [9.17, 15) is 4.91 Å². The van der Waals surface area contributed by atoms with Gasteiger partial charge in [-0.25, -0.2) is 0 Å². The van der Waals surface area contributed by atoms with Crippen LogP contribution in [0.4, 0.5) is 5.69 Å². The van der Waals surface area contributed by atoms with Crippen molar-refractivity contribution in [2.24, 2.45) is 11.1 Å². The van der Waals surface area contributed by atoms with E-state index in [-0.39, 0.29) is 17.6 Å². The van der Waals surface area contributed by atoms with E-state index in [0.29, 0.717) is 5.02 Å². The Balaban J connectivity index is 2.30. The van der Waals surface area contributed by atoms with Gasteiger partial charge >= 0.3 is 0 Å². The first-order valence-corrected chi connectivity index (χ1v) is 7.97. The van der Waals surface area contributed by atoms with Gasteiger partial charge in [-0.05, 0) is 60.7 Å². The lowest BCUT2D eigenvalue weighted by Crippen LogP contribution is -2.48. The van der Waals surface area contributed by atoms with Crippen LogP contribution in [0.1, 0.15) is 24.0 Å². The van der Waals surface area contributed by atoms with E-state index < -0.39 is 5.41 Å². The molecule has 1 saturated carbocycles. The number of nitrogens with zero attached hydrogens (tertiary/aromatic N) is 2. The molecule has 0 radical (unpaired) electrons. The lowest BCUT2D eigenvalue weighted by atomic mass is 9.69. The molecule has 22 heavy (non-hydrogen) atoms. The number of nitrogens with one attached hydrogen (secondary N) is 1. The van der Waals surface area contributed by atoms with E-state index in [1.54, 1.807) is 12.3 Å². The molecule has 0 spiro atoms. The number of benzene rings is 1. The van der Waals surface area contributed by atoms with Crippen LogP contribution < -0.4 is 0 Å². The van der Waals surface area contributed by atoms with Crippen molar-refractivity contribution >= 4 is 23.5 Å². The van der Waals surface area contributed by atoms with Crippen LogP contribution in [-0.4, -0.2) is 30.7 Å². The molecule has 1 aromatic carbocycles. The SMILES string of the molecule is C=CC1CC[C@@H]2N(C)CCc3cc(Cl)c(N=O)cc3C12C=N. The number of fused-ring (bicyclic) bond motifs is 3. The molecule has 4 nitrogen and oxygen atoms in total. The molecule has 0 saturated heterocycles. The van der Waals surface area contributed by atoms with Crippen molar-refractivity contribution in [2.45, 2.75) is 30.7 Å². The third-order valence-corrected chi connectivity index (χ3v) is 5.75. The van der Waals surface area contributed by atoms with Crippen molar-refractivity contribution < 1.29 is 0 Å². The van der Waals surface area contributed by atoms with E-state index in [1.165, 1.54) is 0 Å². The monoisotopic (exact) mass is 317 g/mol. The van der Waals surface area contributed by atoms with Gasteiger partial charge < -0.3 is 10.3 Å². The summed E-state index contributed by atoms with van der Waals surface area (Å²) in [6, 6.07) is 3.90. The van der Waals surface area contributed by atoms with Crippen LogP contribution in [0.5, 0.6) is 0 Å². The van der Waals surface area contributed by atoms with Crippen LogP contribution in [0.3, 0.4) is 0 Å². The zero-order chi connectivity index (χ0) is 15.9. The molecule has 0 bridgehead atoms. The molecule has 0 amide bonds. The molecule has 3 rings (SSSR count). The highest BCUT2D eigenvalue weighted by Gasteiger charge is 2.52. The summed E-state index contributed by atoms with van der Waals surface area (Å²) in [5.41, 5.74) is 1.97. The molecular formula is C17H20ClN3O. The molecular weight excluding hydrogens is 298 g/mol. The van der Waals surface area contributed by atoms with Crippen LogP contribution >= 0.6 is 11.6 Å². The lowest BCUT2D eigenvalue weighted by Gasteiger charge is -2.39. The first-order valence-electron chi connectivity index (χ1n) is 7.59. The molecule has 3 atom stereocenters. The van der Waals surface area contributed by atoms with Crippen LogP contribution in [0.15, 0.2) is 30.0 Å². The van der Waals surface area contributed by atoms with Gasteiger partial charge in [0.1, 0.15) is 5.69 Å². The molecule has 1 fully saturated rings. The van der Waals surface area contributed by atoms with Gasteiger partial charge in [-0.1, -0.05) is 17.7 Å². The van der Waals surface area contributed by atoms with Gasteiger partial charge in [0, 0.05) is 18.8 Å². The quantitative estimate of drug-likeness (QED) is 0.519. The summed E-state index contributed by atoms with van der Waals surface area (Å²) < 4.78 is 0. The maximum absolute atomic E-state index is 11.1. The fourth-order valence-electron chi connectivity index (χ4n) is 4.36. The highest BCUT2D eigenvalue weighted by atomic mass is 35.5. The van der Waals surface area contributed by atoms with Crippen molar-refractivity contribution in [3.8, 4) is 0 Å². The minimum absolute atomic E-state index is 0.190. The molecule has 1 aliphatic heterocycles. The van der Waals surface area contributed by atoms with Crippen molar-refractivity contribution in [3.05, 3.63) is 45.8 Å². The number of hydrogen-bond donors (Lipinski definition) is 1. The average molecular weight is 318 g/mol. The number of hydrogen-bond acceptors (Lipinski definition) is 4. The molecule has 2 unspecified atom stereocenters. The molecule has 5 heteroatoms. The summed E-state index contributed by atoms with van der Waals surface area (Å²) in [6.07, 6.45) is 6.39. The van der Waals surface area contributed by atoms with E-state index in [2.05, 4.69) is 23.7 Å². The summed E-state index contributed by atoms with van der Waals surface area (Å²) in [4.78, 5) is 13.4. The third kappa shape index (κ3) is 1.97. The Morgan fingerprint density at radius 1 is 1.50 bits per heavy atom. The summed E-state index contributed by atoms with van der Waals surface area (Å²) in [5, 5.41) is 11.7. The van der Waals surface area contributed by atoms with Gasteiger partial charge in [-0.3, -0.25) is 0 Å². The normalized spacial score (nSPS) is 31.0. The first kappa shape index (κ1) is 15.4. The first-order chi connectivity index (χ1) is 10.6. The summed E-state index contributed by atoms with van der Waals surface area (Å²) in [6.45, 7) is 4.90. The second-order valence-electron chi connectivity index (χ2n) is 6.30. The minimum Gasteiger partial charge on any atom is -0.312 e. The number of rotatable bonds is 3. The van der Waals surface area contributed by atoms with Gasteiger partial charge in [0.2, 0.25) is 0 Å². The standard InChI is InChI=1S/C17H20ClN3O/c1-3-12-4-5-16-17(12,10-19)13-9-15(20-22)14(18)8-11(13)6-7-21(16)2/h3,8-10,12,16,19H,1,4-7H2,2H3/t12?,16-,17?/m0/s1. The highest BCUT2D eigenvalue weighted by Crippen LogP contribution is 2.51. The van der Waals surface area contributed by atoms with E-state index in [1.807, 2.05) is 12.1 Å². The smallest absolute Gasteiger partial charge is 0.126 e. The van der Waals surface area contributed by atoms with Gasteiger partial charge in [0.15, 0.2) is 0 Å². The second kappa shape index (κ2) is 5.60. The Morgan fingerprint density at radius 2 is 2.27 bits per heavy atom. The predicted molar refractivity (Wildman–Crippen MR) is 90.4 cm³/mol. The Kier molecular flexibility index (Phi) is 3.91. The Bertz CT molecular complexity index is 645. The second-order valence-corrected chi connectivity index (χ2v) is 6.70. The van der Waals surface area contributed by atoms with Crippen molar-refractivity contribution in [2.75, 3.05) is 13.6 Å². The average Bonchev–Trinajstić information content (AvgIpc) is 2.86. The van der Waals surface area contributed by atoms with Gasteiger partial charge in [0.05, 0.1) is 10.4 Å². The van der Waals surface area contributed by atoms with Crippen molar-refractivity contribution in [1.82, 2.24) is 4.90 Å². The lowest BCUT2D eigenvalue weighted by molar-refractivity contribution is 0.210. The molecule has 1 aliphatic carbocycles. The number of halogens is 1. The Labute approximate surface area is 135 Å². The zero-order valence-electron chi connectivity index (χ0n) is 12.7. The topological polar surface area (TPSA) is 56.5 Å². The van der Waals surface area contributed by atoms with Gasteiger partial charge in [-0.15, -0.1) is 11.5 Å². The maximum Gasteiger partial charge on any atom is 0.126 e. The molecule has 1 aromatic rings. The van der Waals surface area contributed by atoms with Crippen LogP contribution in [-0.2, 0) is 11.8 Å². The van der Waals surface area contributed by atoms with Crippen molar-refractivity contribution in [3.63, 3.8) is 0 Å². The Morgan fingerprint density at radius 3 is 2.91 bits per heavy atom. The fraction of sp³-hybridized carbons (Fsp3) is 0.471. The largest absolute Gasteiger partial charge is 0.312 e. The number of likely N-dealkylation sites (N-methyl/N-ethyl adjacent to an activating group) is 1. The third-order valence-electron chi connectivity index (χ3n) is 5.44. The zero-order valence-corrected chi connectivity index (χ0v) is 13.4. The van der Waals surface area contributed by atoms with E-state index in [4.69, 9.17) is 17.0 Å². The van der Waals surface area contributed by atoms with E-state index in [0.717, 1.165) is 36.9 Å². The molecule has 2 aliphatic rings. The maximum atomic E-state index is 11.1. The summed E-state index contributed by atoms with van der Waals surface area (Å²) in [5.74, 6) is 0.190. The summed E-state index contributed by atoms with van der Waals surface area (Å²) in [7, 11) is 2.11. The van der Waals surface area contributed by atoms with Crippen LogP contribution in [0.25, 0.3) is 0 Å². The van der Waals surface area contributed by atoms with Crippen molar-refractivity contribution in [1.29, 1.82) is 5.41 Å². The highest BCUT2D eigenvalue weighted by molar-refractivity contribution is 6.33. The molecule has 1 N–H and O–H groups in total. The number of allylic oxidation sites excluding steroid dienone is 1. The summed E-state index contributed by atoms with van der Waals surface area (Å²) >= 11 is 6.17. The molecule has 1 heterocycles. The van der Waals surface area contributed by atoms with E-state index >= 15 is 0 Å². The van der Waals surface area contributed by atoms with Crippen LogP contribution in [0, 0.1) is 16.2 Å². The predicted octanol–water partition coefficient (Wildman–Crippen LogP) is 4.08. The molecule has 0 aromatic heterocycles. The Hall–Kier alpha value is -1.52. The minimum atomic E-state index is -0.438. The van der Waals surface area contributed by atoms with Gasteiger partial charge in [-0.2, -0.15) is 0 Å². The van der Waals surface area contributed by atoms with Gasteiger partial charge in [0.25, 0.3) is 0 Å². The fourth-order valence-corrected chi connectivity index (χ4v) is 4.58.